The second kappa shape index (κ2) is 13.0. The largest absolute Gasteiger partial charge is 0.497 e. The Morgan fingerprint density at radius 2 is 2.11 bits per heavy atom. The molecule has 8 nitrogen and oxygen atoms in total. The molecule has 0 bridgehead atoms. The molecule has 2 N–H and O–H groups in total. The van der Waals surface area contributed by atoms with Crippen molar-refractivity contribution in [3.63, 3.8) is 0 Å². The Bertz CT molecular complexity index is 1130. The number of fused-ring (bicyclic) bond motifs is 1. The van der Waals surface area contributed by atoms with Gasteiger partial charge in [-0.25, -0.2) is 0 Å². The van der Waals surface area contributed by atoms with Crippen LogP contribution in [0.1, 0.15) is 43.8 Å². The normalized spacial score (nSPS) is 19.3. The number of carboxylic acid groups (broad SMARTS) is 1. The molecule has 36 heavy (non-hydrogen) atoms. The van der Waals surface area contributed by atoms with Crippen LogP contribution in [0.4, 0.5) is 0 Å². The van der Waals surface area contributed by atoms with Gasteiger partial charge in [0.05, 0.1) is 18.7 Å². The number of likely N-dealkylation sites (tertiary alicyclic amines) is 1. The number of pyridine rings is 1. The second-order valence-electron chi connectivity index (χ2n) is 9.33. The number of hydrogen-bond acceptors (Lipinski definition) is 8. The number of aliphatic hydroxyl groups is 1. The average Bonchev–Trinajstić information content (AvgIpc) is 2.91. The van der Waals surface area contributed by atoms with Crippen molar-refractivity contribution in [1.29, 1.82) is 0 Å². The summed E-state index contributed by atoms with van der Waals surface area (Å²) in [6.45, 7) is 2.82. The minimum atomic E-state index is -0.749. The van der Waals surface area contributed by atoms with Gasteiger partial charge >= 0.3 is 5.97 Å². The fourth-order valence-corrected chi connectivity index (χ4v) is 5.95. The summed E-state index contributed by atoms with van der Waals surface area (Å²) >= 11 is 1.69. The molecule has 9 heteroatoms. The van der Waals surface area contributed by atoms with Crippen molar-refractivity contribution in [2.75, 3.05) is 32.5 Å². The molecule has 0 aliphatic carbocycles. The number of hydrogen-bond donors (Lipinski definition) is 2. The van der Waals surface area contributed by atoms with Crippen molar-refractivity contribution in [3.8, 4) is 5.75 Å². The summed E-state index contributed by atoms with van der Waals surface area (Å²) in [7, 11) is 1.63. The minimum absolute atomic E-state index is 0.181. The number of aliphatic carboxylic acids is 1. The van der Waals surface area contributed by atoms with Gasteiger partial charge in [0.25, 0.3) is 0 Å². The fraction of sp³-hybridized carbons (Fsp3) is 0.481. The molecule has 3 heterocycles. The molecule has 2 aromatic heterocycles. The van der Waals surface area contributed by atoms with E-state index in [9.17, 15) is 15.0 Å². The lowest BCUT2D eigenvalue weighted by atomic mass is 9.79. The number of nitrogens with zero attached hydrogens (tertiary/aromatic N) is 4. The third kappa shape index (κ3) is 7.15. The summed E-state index contributed by atoms with van der Waals surface area (Å²) in [6.07, 6.45) is 6.16. The van der Waals surface area contributed by atoms with Crippen LogP contribution in [0.2, 0.25) is 0 Å². The first-order valence-electron chi connectivity index (χ1n) is 12.5. The Kier molecular flexibility index (Phi) is 9.49. The first kappa shape index (κ1) is 26.3. The van der Waals surface area contributed by atoms with Gasteiger partial charge in [-0.05, 0) is 86.0 Å². The van der Waals surface area contributed by atoms with E-state index in [1.807, 2.05) is 36.4 Å². The second-order valence-corrected chi connectivity index (χ2v) is 10.4. The van der Waals surface area contributed by atoms with E-state index in [1.165, 1.54) is 0 Å². The Morgan fingerprint density at radius 1 is 1.22 bits per heavy atom. The molecule has 3 aromatic rings. The summed E-state index contributed by atoms with van der Waals surface area (Å²) in [5.74, 6) is 1.61. The summed E-state index contributed by atoms with van der Waals surface area (Å²) in [5.41, 5.74) is 1.69. The lowest BCUT2D eigenvalue weighted by molar-refractivity contribution is -0.137. The number of aromatic nitrogens is 3. The van der Waals surface area contributed by atoms with Crippen LogP contribution < -0.4 is 4.74 Å². The SMILES string of the molecule is COc1ccc2nccc([C@H](O)CC[C@@H]3CCN(CCSc4cccnn4)C[C@H]3CCC(=O)O)c2c1. The van der Waals surface area contributed by atoms with Gasteiger partial charge in [0.1, 0.15) is 10.8 Å². The molecule has 4 rings (SSSR count). The maximum absolute atomic E-state index is 11.3. The third-order valence-corrected chi connectivity index (χ3v) is 7.96. The van der Waals surface area contributed by atoms with E-state index in [0.29, 0.717) is 24.7 Å². The predicted octanol–water partition coefficient (Wildman–Crippen LogP) is 4.44. The van der Waals surface area contributed by atoms with Crippen LogP contribution in [-0.2, 0) is 4.79 Å². The average molecular weight is 511 g/mol. The number of methoxy groups -OCH3 is 1. The van der Waals surface area contributed by atoms with Crippen molar-refractivity contribution in [1.82, 2.24) is 20.1 Å². The van der Waals surface area contributed by atoms with Gasteiger partial charge in [0, 0.05) is 43.0 Å². The summed E-state index contributed by atoms with van der Waals surface area (Å²) < 4.78 is 5.37. The van der Waals surface area contributed by atoms with Crippen molar-refractivity contribution >= 4 is 28.6 Å². The van der Waals surface area contributed by atoms with Crippen LogP contribution in [0.25, 0.3) is 10.9 Å². The highest BCUT2D eigenvalue weighted by Gasteiger charge is 2.30. The third-order valence-electron chi connectivity index (χ3n) is 7.06. The molecule has 1 saturated heterocycles. The molecule has 0 radical (unpaired) electrons. The van der Waals surface area contributed by atoms with Crippen molar-refractivity contribution in [2.45, 2.75) is 43.2 Å². The molecule has 1 aromatic carbocycles. The maximum Gasteiger partial charge on any atom is 0.303 e. The molecule has 1 fully saturated rings. The van der Waals surface area contributed by atoms with Crippen LogP contribution in [-0.4, -0.2) is 68.8 Å². The maximum atomic E-state index is 11.3. The number of benzene rings is 1. The van der Waals surface area contributed by atoms with E-state index in [4.69, 9.17) is 4.74 Å². The van der Waals surface area contributed by atoms with Crippen molar-refractivity contribution < 1.29 is 19.7 Å². The zero-order valence-corrected chi connectivity index (χ0v) is 21.4. The molecular weight excluding hydrogens is 476 g/mol. The van der Waals surface area contributed by atoms with E-state index in [-0.39, 0.29) is 6.42 Å². The monoisotopic (exact) mass is 510 g/mol. The fourth-order valence-electron chi connectivity index (χ4n) is 5.11. The number of carbonyl (C=O) groups is 1. The zero-order valence-electron chi connectivity index (χ0n) is 20.6. The van der Waals surface area contributed by atoms with Crippen molar-refractivity contribution in [2.24, 2.45) is 11.8 Å². The molecule has 0 unspecified atom stereocenters. The van der Waals surface area contributed by atoms with Crippen molar-refractivity contribution in [3.05, 3.63) is 54.4 Å². The van der Waals surface area contributed by atoms with Crippen LogP contribution in [0, 0.1) is 11.8 Å². The first-order chi connectivity index (χ1) is 17.5. The quantitative estimate of drug-likeness (QED) is 0.342. The lowest BCUT2D eigenvalue weighted by Gasteiger charge is -2.39. The summed E-state index contributed by atoms with van der Waals surface area (Å²) in [5, 5.41) is 30.3. The van der Waals surface area contributed by atoms with Gasteiger partial charge in [0.2, 0.25) is 0 Å². The van der Waals surface area contributed by atoms with Crippen LogP contribution in [0.5, 0.6) is 5.75 Å². The number of rotatable bonds is 12. The number of piperidine rings is 1. The van der Waals surface area contributed by atoms with Gasteiger partial charge in [-0.15, -0.1) is 16.9 Å². The lowest BCUT2D eigenvalue weighted by Crippen LogP contribution is -2.41. The van der Waals surface area contributed by atoms with Crippen LogP contribution in [0.15, 0.2) is 53.8 Å². The predicted molar refractivity (Wildman–Crippen MR) is 140 cm³/mol. The first-order valence-corrected chi connectivity index (χ1v) is 13.5. The standard InChI is InChI=1S/C27H34N4O4S/c1-35-21-6-7-24-23(17-21)22(10-13-28-24)25(32)8-4-19-11-14-31(18-20(19)5-9-27(33)34)15-16-36-26-3-2-12-29-30-26/h2-3,6-7,10,12-13,17,19-20,25,32H,4-5,8-9,11,14-16,18H2,1H3,(H,33,34)/t19-,20-,25-/m1/s1. The molecule has 3 atom stereocenters. The van der Waals surface area contributed by atoms with Gasteiger partial charge < -0.3 is 19.8 Å². The molecule has 0 saturated carbocycles. The topological polar surface area (TPSA) is 109 Å². The van der Waals surface area contributed by atoms with E-state index in [0.717, 1.165) is 65.5 Å². The van der Waals surface area contributed by atoms with Gasteiger partial charge in [-0.1, -0.05) is 0 Å². The molecule has 0 spiro atoms. The number of aliphatic hydroxyl groups excluding tert-OH is 1. The number of carboxylic acids is 1. The number of thioether (sulfide) groups is 1. The molecule has 0 amide bonds. The highest BCUT2D eigenvalue weighted by molar-refractivity contribution is 7.99. The highest BCUT2D eigenvalue weighted by Crippen LogP contribution is 2.35. The zero-order chi connectivity index (χ0) is 25.3. The smallest absolute Gasteiger partial charge is 0.303 e. The molecule has 1 aliphatic rings. The van der Waals surface area contributed by atoms with E-state index in [2.05, 4.69) is 20.1 Å². The van der Waals surface area contributed by atoms with E-state index >= 15 is 0 Å². The van der Waals surface area contributed by atoms with Crippen LogP contribution in [0.3, 0.4) is 0 Å². The molecular formula is C27H34N4O4S. The van der Waals surface area contributed by atoms with Crippen LogP contribution >= 0.6 is 11.8 Å². The number of ether oxygens (including phenoxy) is 1. The summed E-state index contributed by atoms with van der Waals surface area (Å²) in [4.78, 5) is 18.2. The van der Waals surface area contributed by atoms with E-state index < -0.39 is 12.1 Å². The Labute approximate surface area is 216 Å². The minimum Gasteiger partial charge on any atom is -0.497 e. The Balaban J connectivity index is 1.35. The van der Waals surface area contributed by atoms with Gasteiger partial charge in [-0.3, -0.25) is 9.78 Å². The Morgan fingerprint density at radius 3 is 2.89 bits per heavy atom. The highest BCUT2D eigenvalue weighted by atomic mass is 32.2. The summed E-state index contributed by atoms with van der Waals surface area (Å²) in [6, 6.07) is 11.4. The molecule has 192 valence electrons. The van der Waals surface area contributed by atoms with Gasteiger partial charge in [0.15, 0.2) is 0 Å². The molecule has 1 aliphatic heterocycles. The Hall–Kier alpha value is -2.75. The van der Waals surface area contributed by atoms with Gasteiger partial charge in [-0.2, -0.15) is 5.10 Å². The van der Waals surface area contributed by atoms with E-state index in [1.54, 1.807) is 31.3 Å².